The number of phenols is 1. The molecule has 1 aromatic rings. The largest absolute Gasteiger partial charge is 0.508 e. The molecule has 0 saturated heterocycles. The summed E-state index contributed by atoms with van der Waals surface area (Å²) in [7, 11) is 0. The van der Waals surface area contributed by atoms with Crippen molar-refractivity contribution in [3.05, 3.63) is 28.8 Å². The fourth-order valence-electron chi connectivity index (χ4n) is 1.04. The fourth-order valence-corrected chi connectivity index (χ4v) is 1.23. The third kappa shape index (κ3) is 2.40. The Hall–Kier alpha value is -0.730. The molecule has 0 bridgehead atoms. The molecular formula is C9H11ClO2. The summed E-state index contributed by atoms with van der Waals surface area (Å²) in [6, 6.07) is 4.80. The zero-order chi connectivity index (χ0) is 9.14. The normalized spacial score (nSPS) is 12.9. The number of benzene rings is 1. The van der Waals surface area contributed by atoms with Gasteiger partial charge in [0.1, 0.15) is 5.75 Å². The summed E-state index contributed by atoms with van der Waals surface area (Å²) >= 11 is 5.71. The Bertz CT molecular complexity index is 271. The van der Waals surface area contributed by atoms with Crippen molar-refractivity contribution in [2.75, 3.05) is 0 Å². The Kier molecular flexibility index (Phi) is 2.95. The van der Waals surface area contributed by atoms with E-state index in [1.807, 2.05) is 0 Å². The highest BCUT2D eigenvalue weighted by molar-refractivity contribution is 6.30. The van der Waals surface area contributed by atoms with Crippen LogP contribution in [-0.4, -0.2) is 16.3 Å². The molecule has 0 fully saturated rings. The van der Waals surface area contributed by atoms with E-state index in [9.17, 15) is 5.11 Å². The maximum atomic E-state index is 9.31. The Labute approximate surface area is 76.4 Å². The molecule has 1 aromatic carbocycles. The first-order chi connectivity index (χ1) is 5.59. The minimum atomic E-state index is -0.464. The fraction of sp³-hybridized carbons (Fsp3) is 0.333. The summed E-state index contributed by atoms with van der Waals surface area (Å²) in [6.07, 6.45) is -0.0405. The lowest BCUT2D eigenvalue weighted by molar-refractivity contribution is 0.194. The lowest BCUT2D eigenvalue weighted by atomic mass is 10.1. The van der Waals surface area contributed by atoms with Gasteiger partial charge in [-0.05, 0) is 30.7 Å². The standard InChI is InChI=1S/C9H11ClO2/c1-6(11)4-7-5-8(10)2-3-9(7)12/h2-3,5-6,11-12H,4H2,1H3. The van der Waals surface area contributed by atoms with Crippen molar-refractivity contribution >= 4 is 11.6 Å². The van der Waals surface area contributed by atoms with Gasteiger partial charge in [-0.15, -0.1) is 0 Å². The van der Waals surface area contributed by atoms with Gasteiger partial charge in [0, 0.05) is 11.4 Å². The van der Waals surface area contributed by atoms with E-state index in [1.165, 1.54) is 6.07 Å². The second kappa shape index (κ2) is 3.78. The van der Waals surface area contributed by atoms with Crippen molar-refractivity contribution in [1.82, 2.24) is 0 Å². The number of hydrogen-bond donors (Lipinski definition) is 2. The van der Waals surface area contributed by atoms with Crippen molar-refractivity contribution in [1.29, 1.82) is 0 Å². The summed E-state index contributed by atoms with van der Waals surface area (Å²) in [4.78, 5) is 0. The molecule has 0 spiro atoms. The molecule has 0 radical (unpaired) electrons. The van der Waals surface area contributed by atoms with Crippen LogP contribution in [0.15, 0.2) is 18.2 Å². The maximum absolute atomic E-state index is 9.31. The Morgan fingerprint density at radius 1 is 1.50 bits per heavy atom. The Morgan fingerprint density at radius 3 is 2.75 bits per heavy atom. The lowest BCUT2D eigenvalue weighted by Gasteiger charge is -2.06. The molecule has 66 valence electrons. The van der Waals surface area contributed by atoms with E-state index in [0.29, 0.717) is 17.0 Å². The van der Waals surface area contributed by atoms with Crippen molar-refractivity contribution in [2.45, 2.75) is 19.4 Å². The Balaban J connectivity index is 2.90. The SMILES string of the molecule is CC(O)Cc1cc(Cl)ccc1O. The quantitative estimate of drug-likeness (QED) is 0.742. The van der Waals surface area contributed by atoms with Crippen LogP contribution in [0.25, 0.3) is 0 Å². The number of aromatic hydroxyl groups is 1. The van der Waals surface area contributed by atoms with Gasteiger partial charge in [-0.25, -0.2) is 0 Å². The molecule has 0 aliphatic rings. The van der Waals surface area contributed by atoms with Crippen LogP contribution in [-0.2, 0) is 6.42 Å². The van der Waals surface area contributed by atoms with Gasteiger partial charge in [0.15, 0.2) is 0 Å². The molecule has 2 nitrogen and oxygen atoms in total. The van der Waals surface area contributed by atoms with Crippen molar-refractivity contribution in [3.63, 3.8) is 0 Å². The monoisotopic (exact) mass is 186 g/mol. The van der Waals surface area contributed by atoms with E-state index in [2.05, 4.69) is 0 Å². The van der Waals surface area contributed by atoms with E-state index in [-0.39, 0.29) is 5.75 Å². The van der Waals surface area contributed by atoms with Gasteiger partial charge in [-0.3, -0.25) is 0 Å². The molecule has 0 saturated carbocycles. The molecule has 12 heavy (non-hydrogen) atoms. The summed E-state index contributed by atoms with van der Waals surface area (Å²) in [5, 5.41) is 19.0. The van der Waals surface area contributed by atoms with Gasteiger partial charge in [-0.2, -0.15) is 0 Å². The first-order valence-electron chi connectivity index (χ1n) is 3.75. The van der Waals surface area contributed by atoms with Crippen LogP contribution in [0.3, 0.4) is 0 Å². The van der Waals surface area contributed by atoms with E-state index in [4.69, 9.17) is 16.7 Å². The minimum absolute atomic E-state index is 0.181. The molecule has 0 aliphatic carbocycles. The van der Waals surface area contributed by atoms with Crippen LogP contribution in [0, 0.1) is 0 Å². The average Bonchev–Trinajstić information content (AvgIpc) is 1.96. The third-order valence-corrected chi connectivity index (χ3v) is 1.79. The maximum Gasteiger partial charge on any atom is 0.118 e. The van der Waals surface area contributed by atoms with E-state index >= 15 is 0 Å². The van der Waals surface area contributed by atoms with E-state index < -0.39 is 6.10 Å². The number of rotatable bonds is 2. The van der Waals surface area contributed by atoms with Gasteiger partial charge in [-0.1, -0.05) is 11.6 Å². The molecule has 1 unspecified atom stereocenters. The lowest BCUT2D eigenvalue weighted by Crippen LogP contribution is -2.04. The summed E-state index contributed by atoms with van der Waals surface area (Å²) in [5.41, 5.74) is 0.678. The van der Waals surface area contributed by atoms with Crippen LogP contribution >= 0.6 is 11.6 Å². The number of hydrogen-bond acceptors (Lipinski definition) is 2. The topological polar surface area (TPSA) is 40.5 Å². The second-order valence-electron chi connectivity index (χ2n) is 2.83. The molecule has 1 rings (SSSR count). The predicted octanol–water partition coefficient (Wildman–Crippen LogP) is 1.97. The molecule has 0 aliphatic heterocycles. The molecular weight excluding hydrogens is 176 g/mol. The molecule has 3 heteroatoms. The van der Waals surface area contributed by atoms with Gasteiger partial charge in [0.25, 0.3) is 0 Å². The molecule has 2 N–H and O–H groups in total. The van der Waals surface area contributed by atoms with Crippen LogP contribution in [0.5, 0.6) is 5.75 Å². The highest BCUT2D eigenvalue weighted by Gasteiger charge is 2.04. The first kappa shape index (κ1) is 9.36. The summed E-state index contributed by atoms with van der Waals surface area (Å²) in [6.45, 7) is 1.67. The van der Waals surface area contributed by atoms with Crippen molar-refractivity contribution in [3.8, 4) is 5.75 Å². The molecule has 1 atom stereocenters. The van der Waals surface area contributed by atoms with E-state index in [1.54, 1.807) is 19.1 Å². The summed E-state index contributed by atoms with van der Waals surface area (Å²) in [5.74, 6) is 0.181. The first-order valence-corrected chi connectivity index (χ1v) is 4.13. The smallest absolute Gasteiger partial charge is 0.118 e. The van der Waals surface area contributed by atoms with Crippen molar-refractivity contribution in [2.24, 2.45) is 0 Å². The Morgan fingerprint density at radius 2 is 2.17 bits per heavy atom. The zero-order valence-corrected chi connectivity index (χ0v) is 7.54. The second-order valence-corrected chi connectivity index (χ2v) is 3.26. The number of halogens is 1. The zero-order valence-electron chi connectivity index (χ0n) is 6.79. The highest BCUT2D eigenvalue weighted by Crippen LogP contribution is 2.22. The van der Waals surface area contributed by atoms with Crippen LogP contribution in [0.1, 0.15) is 12.5 Å². The minimum Gasteiger partial charge on any atom is -0.508 e. The van der Waals surface area contributed by atoms with Crippen molar-refractivity contribution < 1.29 is 10.2 Å². The third-order valence-electron chi connectivity index (χ3n) is 1.56. The van der Waals surface area contributed by atoms with Crippen LogP contribution in [0.2, 0.25) is 5.02 Å². The molecule has 0 aromatic heterocycles. The predicted molar refractivity (Wildman–Crippen MR) is 48.5 cm³/mol. The highest BCUT2D eigenvalue weighted by atomic mass is 35.5. The number of aliphatic hydroxyl groups excluding tert-OH is 1. The molecule has 0 amide bonds. The summed E-state index contributed by atoms with van der Waals surface area (Å²) < 4.78 is 0. The van der Waals surface area contributed by atoms with Gasteiger partial charge in [0.05, 0.1) is 6.10 Å². The molecule has 0 heterocycles. The van der Waals surface area contributed by atoms with Gasteiger partial charge in [0.2, 0.25) is 0 Å². The number of aliphatic hydroxyl groups is 1. The van der Waals surface area contributed by atoms with Gasteiger partial charge < -0.3 is 10.2 Å². The van der Waals surface area contributed by atoms with Crippen LogP contribution < -0.4 is 0 Å². The average molecular weight is 187 g/mol. The number of phenolic OH excluding ortho intramolecular Hbond substituents is 1. The van der Waals surface area contributed by atoms with E-state index in [0.717, 1.165) is 0 Å². The van der Waals surface area contributed by atoms with Gasteiger partial charge >= 0.3 is 0 Å². The van der Waals surface area contributed by atoms with Crippen LogP contribution in [0.4, 0.5) is 0 Å².